The van der Waals surface area contributed by atoms with Crippen LogP contribution in [-0.2, 0) is 28.6 Å². The predicted octanol–water partition coefficient (Wildman–Crippen LogP) is 25.0. The van der Waals surface area contributed by atoms with Crippen molar-refractivity contribution >= 4 is 17.9 Å². The number of esters is 3. The second kappa shape index (κ2) is 71.1. The molecule has 480 valence electrons. The van der Waals surface area contributed by atoms with Gasteiger partial charge in [-0.15, -0.1) is 0 Å². The molecule has 6 heteroatoms. The topological polar surface area (TPSA) is 78.9 Å². The lowest BCUT2D eigenvalue weighted by Crippen LogP contribution is -2.30. The van der Waals surface area contributed by atoms with Crippen molar-refractivity contribution < 1.29 is 28.6 Å². The minimum Gasteiger partial charge on any atom is -0.462 e. The second-order valence-electron chi connectivity index (χ2n) is 24.1. The molecule has 0 aromatic heterocycles. The van der Waals surface area contributed by atoms with Crippen LogP contribution in [0, 0.1) is 0 Å². The van der Waals surface area contributed by atoms with Gasteiger partial charge in [-0.25, -0.2) is 0 Å². The number of hydrogen-bond acceptors (Lipinski definition) is 6. The molecule has 1 unspecified atom stereocenters. The van der Waals surface area contributed by atoms with Crippen molar-refractivity contribution in [2.75, 3.05) is 13.2 Å². The summed E-state index contributed by atoms with van der Waals surface area (Å²) in [6.45, 7) is 6.55. The second-order valence-corrected chi connectivity index (χ2v) is 24.1. The maximum absolute atomic E-state index is 13.0. The van der Waals surface area contributed by atoms with Crippen LogP contribution in [0.3, 0.4) is 0 Å². The van der Waals surface area contributed by atoms with Crippen molar-refractivity contribution in [3.05, 3.63) is 85.1 Å². The van der Waals surface area contributed by atoms with Gasteiger partial charge in [0.1, 0.15) is 13.2 Å². The first kappa shape index (κ1) is 79.6. The molecule has 0 aromatic carbocycles. The third kappa shape index (κ3) is 69.3. The van der Waals surface area contributed by atoms with Crippen LogP contribution in [0.5, 0.6) is 0 Å². The largest absolute Gasteiger partial charge is 0.462 e. The van der Waals surface area contributed by atoms with Gasteiger partial charge in [0.2, 0.25) is 0 Å². The number of unbranched alkanes of at least 4 members (excludes halogenated alkanes) is 41. The SMILES string of the molecule is CC/C=C\C/C=C\C/C=C\C/C=C\C/C=C\CCCCCCCCCCCCCC(=O)OCC(COC(=O)CCCCCCC/C=C\CCCCCC)OC(=O)CCCCCCCCCCCCCCC/C=C\CCCCCCCCCC. The van der Waals surface area contributed by atoms with E-state index in [-0.39, 0.29) is 31.1 Å². The average molecular weight is 1160 g/mol. The molecule has 1 atom stereocenters. The fraction of sp³-hybridized carbons (Fsp3) is 0.779. The van der Waals surface area contributed by atoms with Crippen molar-refractivity contribution in [3.63, 3.8) is 0 Å². The summed E-state index contributed by atoms with van der Waals surface area (Å²) in [5, 5.41) is 0. The van der Waals surface area contributed by atoms with Gasteiger partial charge in [-0.3, -0.25) is 14.4 Å². The third-order valence-electron chi connectivity index (χ3n) is 15.9. The first-order valence-corrected chi connectivity index (χ1v) is 36.1. The van der Waals surface area contributed by atoms with E-state index in [9.17, 15) is 14.4 Å². The summed E-state index contributed by atoms with van der Waals surface area (Å²) in [6, 6.07) is 0. The molecule has 6 nitrogen and oxygen atoms in total. The smallest absolute Gasteiger partial charge is 0.306 e. The van der Waals surface area contributed by atoms with E-state index in [1.807, 2.05) is 0 Å². The monoisotopic (exact) mass is 1160 g/mol. The lowest BCUT2D eigenvalue weighted by Gasteiger charge is -2.18. The van der Waals surface area contributed by atoms with Crippen LogP contribution < -0.4 is 0 Å². The minimum absolute atomic E-state index is 0.0779. The standard InChI is InChI=1S/C77H136O6/c1-4-7-10-13-16-19-22-25-27-29-31-33-35-37-38-40-41-43-45-47-49-52-55-58-61-64-67-70-76(79)82-73-74(72-81-75(78)69-66-63-60-57-54-51-24-21-18-15-12-9-6-3)83-77(80)71-68-65-62-59-56-53-50-48-46-44-42-39-36-34-32-30-28-26-23-20-17-14-11-8-5-2/h7,10,16,19,21,24-25,27,30-33,37-38,74H,4-6,8-9,11-15,17-18,20,22-23,26,28-29,34-36,39-73H2,1-3H3/b10-7-,19-16-,24-21-,27-25-,32-30-,33-31-,38-37-. The average Bonchev–Trinajstić information content (AvgIpc) is 3.49. The molecule has 0 N–H and O–H groups in total. The molecule has 0 rings (SSSR count). The Morgan fingerprint density at radius 1 is 0.253 bits per heavy atom. The number of carbonyl (C=O) groups excluding carboxylic acids is 3. The van der Waals surface area contributed by atoms with Gasteiger partial charge in [0.15, 0.2) is 6.10 Å². The number of hydrogen-bond donors (Lipinski definition) is 0. The zero-order valence-corrected chi connectivity index (χ0v) is 55.2. The molecule has 0 aromatic rings. The maximum Gasteiger partial charge on any atom is 0.306 e. The molecular weight excluding hydrogens is 1020 g/mol. The Kier molecular flexibility index (Phi) is 68.2. The third-order valence-corrected chi connectivity index (χ3v) is 15.9. The van der Waals surface area contributed by atoms with Gasteiger partial charge >= 0.3 is 17.9 Å². The van der Waals surface area contributed by atoms with E-state index in [1.54, 1.807) is 0 Å². The van der Waals surface area contributed by atoms with Crippen molar-refractivity contribution in [2.45, 2.75) is 374 Å². The Bertz CT molecular complexity index is 1570. The summed E-state index contributed by atoms with van der Waals surface area (Å²) >= 11 is 0. The number of allylic oxidation sites excluding steroid dienone is 14. The summed E-state index contributed by atoms with van der Waals surface area (Å²) in [6.07, 6.45) is 94.7. The summed E-state index contributed by atoms with van der Waals surface area (Å²) in [4.78, 5) is 38.5. The Morgan fingerprint density at radius 2 is 0.470 bits per heavy atom. The Labute approximate surface area is 515 Å². The molecule has 0 amide bonds. The van der Waals surface area contributed by atoms with Crippen molar-refractivity contribution in [1.82, 2.24) is 0 Å². The van der Waals surface area contributed by atoms with Crippen LogP contribution in [0.1, 0.15) is 367 Å². The molecule has 0 radical (unpaired) electrons. The first-order valence-electron chi connectivity index (χ1n) is 36.1. The van der Waals surface area contributed by atoms with Crippen LogP contribution in [0.4, 0.5) is 0 Å². The van der Waals surface area contributed by atoms with Crippen molar-refractivity contribution in [2.24, 2.45) is 0 Å². The van der Waals surface area contributed by atoms with E-state index in [1.165, 1.54) is 231 Å². The lowest BCUT2D eigenvalue weighted by atomic mass is 10.0. The fourth-order valence-electron chi connectivity index (χ4n) is 10.5. The summed E-state index contributed by atoms with van der Waals surface area (Å²) < 4.78 is 17.0. The summed E-state index contributed by atoms with van der Waals surface area (Å²) in [5.41, 5.74) is 0. The molecule has 0 fully saturated rings. The van der Waals surface area contributed by atoms with Crippen molar-refractivity contribution in [3.8, 4) is 0 Å². The van der Waals surface area contributed by atoms with Crippen LogP contribution in [0.15, 0.2) is 85.1 Å². The highest BCUT2D eigenvalue weighted by atomic mass is 16.6. The quantitative estimate of drug-likeness (QED) is 0.0261. The van der Waals surface area contributed by atoms with E-state index in [4.69, 9.17) is 14.2 Å². The van der Waals surface area contributed by atoms with Gasteiger partial charge < -0.3 is 14.2 Å². The van der Waals surface area contributed by atoms with Crippen LogP contribution in [0.2, 0.25) is 0 Å². The van der Waals surface area contributed by atoms with E-state index in [0.29, 0.717) is 19.3 Å². The Morgan fingerprint density at radius 3 is 0.759 bits per heavy atom. The maximum atomic E-state index is 13.0. The zero-order valence-electron chi connectivity index (χ0n) is 55.2. The molecule has 0 saturated carbocycles. The zero-order chi connectivity index (χ0) is 59.9. The highest BCUT2D eigenvalue weighted by molar-refractivity contribution is 5.71. The predicted molar refractivity (Wildman–Crippen MR) is 362 cm³/mol. The highest BCUT2D eigenvalue weighted by Gasteiger charge is 2.19. The van der Waals surface area contributed by atoms with Crippen LogP contribution >= 0.6 is 0 Å². The first-order chi connectivity index (χ1) is 41.0. The van der Waals surface area contributed by atoms with Crippen LogP contribution in [0.25, 0.3) is 0 Å². The summed E-state index contributed by atoms with van der Waals surface area (Å²) in [7, 11) is 0. The molecule has 0 saturated heterocycles. The Balaban J connectivity index is 4.26. The Hall–Kier alpha value is -3.41. The molecule has 0 aliphatic carbocycles. The molecule has 0 aliphatic rings. The molecule has 0 heterocycles. The van der Waals surface area contributed by atoms with Gasteiger partial charge in [-0.2, -0.15) is 0 Å². The normalized spacial score (nSPS) is 12.6. The van der Waals surface area contributed by atoms with Crippen LogP contribution in [-0.4, -0.2) is 37.2 Å². The van der Waals surface area contributed by atoms with Crippen molar-refractivity contribution in [1.29, 1.82) is 0 Å². The number of ether oxygens (including phenoxy) is 3. The lowest BCUT2D eigenvalue weighted by molar-refractivity contribution is -0.167. The van der Waals surface area contributed by atoms with Gasteiger partial charge in [0.25, 0.3) is 0 Å². The highest BCUT2D eigenvalue weighted by Crippen LogP contribution is 2.18. The molecule has 0 bridgehead atoms. The van der Waals surface area contributed by atoms with Gasteiger partial charge in [-0.05, 0) is 116 Å². The molecule has 0 spiro atoms. The molecular formula is C77H136O6. The fourth-order valence-corrected chi connectivity index (χ4v) is 10.5. The van der Waals surface area contributed by atoms with Gasteiger partial charge in [-0.1, -0.05) is 318 Å². The van der Waals surface area contributed by atoms with E-state index in [2.05, 4.69) is 106 Å². The number of carbonyl (C=O) groups is 3. The van der Waals surface area contributed by atoms with Gasteiger partial charge in [0.05, 0.1) is 0 Å². The van der Waals surface area contributed by atoms with E-state index >= 15 is 0 Å². The summed E-state index contributed by atoms with van der Waals surface area (Å²) in [5.74, 6) is -0.870. The molecule has 0 aliphatic heterocycles. The number of rotatable bonds is 66. The van der Waals surface area contributed by atoms with E-state index in [0.717, 1.165) is 96.3 Å². The minimum atomic E-state index is -0.782. The van der Waals surface area contributed by atoms with E-state index < -0.39 is 6.10 Å². The van der Waals surface area contributed by atoms with Gasteiger partial charge in [0, 0.05) is 19.3 Å². The molecule has 83 heavy (non-hydrogen) atoms.